The Labute approximate surface area is 97.3 Å². The Morgan fingerprint density at radius 2 is 2.00 bits per heavy atom. The number of carbonyl (C=O) groups is 1. The molecule has 2 fully saturated rings. The van der Waals surface area contributed by atoms with Gasteiger partial charge in [-0.15, -0.1) is 0 Å². The van der Waals surface area contributed by atoms with Crippen LogP contribution >= 0.6 is 0 Å². The molecule has 0 aromatic rings. The van der Waals surface area contributed by atoms with E-state index in [2.05, 4.69) is 17.1 Å². The minimum atomic E-state index is -0.0436. The summed E-state index contributed by atoms with van der Waals surface area (Å²) >= 11 is 0. The minimum Gasteiger partial charge on any atom is -0.465 e. The maximum absolute atomic E-state index is 11.8. The highest BCUT2D eigenvalue weighted by Crippen LogP contribution is 2.28. The Morgan fingerprint density at radius 3 is 2.50 bits per heavy atom. The Hall–Kier alpha value is -0.610. The highest BCUT2D eigenvalue weighted by Gasteiger charge is 2.40. The molecule has 4 heteroatoms. The molecular weight excluding hydrogens is 204 g/mol. The molecule has 2 saturated heterocycles. The molecular formula is C12H22N2O2. The van der Waals surface area contributed by atoms with Crippen LogP contribution in [0.3, 0.4) is 0 Å². The van der Waals surface area contributed by atoms with Crippen molar-refractivity contribution in [2.24, 2.45) is 11.8 Å². The third-order valence-corrected chi connectivity index (χ3v) is 3.80. The van der Waals surface area contributed by atoms with Gasteiger partial charge in [-0.1, -0.05) is 6.92 Å². The lowest BCUT2D eigenvalue weighted by atomic mass is 10.0. The van der Waals surface area contributed by atoms with E-state index >= 15 is 0 Å². The quantitative estimate of drug-likeness (QED) is 0.708. The molecule has 0 aromatic carbocycles. The predicted octanol–water partition coefficient (Wildman–Crippen LogP) is 0.479. The third-order valence-electron chi connectivity index (χ3n) is 3.80. The van der Waals surface area contributed by atoms with Gasteiger partial charge >= 0.3 is 5.97 Å². The van der Waals surface area contributed by atoms with E-state index in [-0.39, 0.29) is 12.0 Å². The molecule has 4 nitrogen and oxygen atoms in total. The fourth-order valence-electron chi connectivity index (χ4n) is 2.96. The maximum Gasteiger partial charge on any atom is 0.323 e. The molecule has 3 atom stereocenters. The number of nitrogens with zero attached hydrogens (tertiary/aromatic N) is 1. The fraction of sp³-hybridized carbons (Fsp3) is 0.917. The van der Waals surface area contributed by atoms with Crippen LogP contribution in [0.5, 0.6) is 0 Å². The number of ether oxygens (including phenoxy) is 1. The Morgan fingerprint density at radius 1 is 1.38 bits per heavy atom. The average Bonchev–Trinajstić information content (AvgIpc) is 2.79. The molecule has 0 aromatic heterocycles. The van der Waals surface area contributed by atoms with Gasteiger partial charge in [0.25, 0.3) is 0 Å². The summed E-state index contributed by atoms with van der Waals surface area (Å²) in [7, 11) is 0. The Bertz CT molecular complexity index is 245. The summed E-state index contributed by atoms with van der Waals surface area (Å²) in [5.74, 6) is 1.44. The van der Waals surface area contributed by atoms with Crippen molar-refractivity contribution in [1.29, 1.82) is 0 Å². The molecule has 92 valence electrons. The summed E-state index contributed by atoms with van der Waals surface area (Å²) < 4.78 is 5.13. The van der Waals surface area contributed by atoms with Crippen LogP contribution < -0.4 is 5.32 Å². The Kier molecular flexibility index (Phi) is 3.82. The van der Waals surface area contributed by atoms with E-state index < -0.39 is 0 Å². The highest BCUT2D eigenvalue weighted by molar-refractivity contribution is 5.75. The molecule has 2 aliphatic rings. The summed E-state index contributed by atoms with van der Waals surface area (Å²) in [4.78, 5) is 14.1. The smallest absolute Gasteiger partial charge is 0.323 e. The lowest BCUT2D eigenvalue weighted by molar-refractivity contribution is -0.149. The molecule has 0 spiro atoms. The SMILES string of the molecule is CCOC(=O)C(CC)N1C[C@H]2CNC[C@H]2C1. The maximum atomic E-state index is 11.8. The third kappa shape index (κ3) is 2.23. The van der Waals surface area contributed by atoms with Gasteiger partial charge < -0.3 is 10.1 Å². The van der Waals surface area contributed by atoms with E-state index in [1.54, 1.807) is 0 Å². The summed E-state index contributed by atoms with van der Waals surface area (Å²) in [6, 6.07) is -0.0226. The number of rotatable bonds is 4. The number of hydrogen-bond donors (Lipinski definition) is 1. The van der Waals surface area contributed by atoms with E-state index in [4.69, 9.17) is 4.74 Å². The van der Waals surface area contributed by atoms with E-state index in [9.17, 15) is 4.79 Å². The van der Waals surface area contributed by atoms with Gasteiger partial charge in [0.05, 0.1) is 6.61 Å². The second-order valence-corrected chi connectivity index (χ2v) is 4.81. The van der Waals surface area contributed by atoms with Gasteiger partial charge in [0.2, 0.25) is 0 Å². The van der Waals surface area contributed by atoms with Gasteiger partial charge in [0, 0.05) is 13.1 Å². The van der Waals surface area contributed by atoms with Crippen LogP contribution in [0.25, 0.3) is 0 Å². The second kappa shape index (κ2) is 5.15. The van der Waals surface area contributed by atoms with E-state index in [1.165, 1.54) is 0 Å². The van der Waals surface area contributed by atoms with Gasteiger partial charge in [-0.25, -0.2) is 0 Å². The summed E-state index contributed by atoms with van der Waals surface area (Å²) in [6.45, 7) is 8.74. The lowest BCUT2D eigenvalue weighted by Gasteiger charge is -2.25. The van der Waals surface area contributed by atoms with Crippen LogP contribution in [0.2, 0.25) is 0 Å². The zero-order valence-electron chi connectivity index (χ0n) is 10.2. The first kappa shape index (κ1) is 11.9. The largest absolute Gasteiger partial charge is 0.465 e. The number of nitrogens with one attached hydrogen (secondary N) is 1. The molecule has 2 aliphatic heterocycles. The van der Waals surface area contributed by atoms with Gasteiger partial charge in [-0.05, 0) is 38.3 Å². The molecule has 0 amide bonds. The van der Waals surface area contributed by atoms with Gasteiger partial charge in [-0.3, -0.25) is 9.69 Å². The minimum absolute atomic E-state index is 0.0226. The number of hydrogen-bond acceptors (Lipinski definition) is 4. The van der Waals surface area contributed by atoms with Crippen molar-refractivity contribution in [1.82, 2.24) is 10.2 Å². The first-order valence-electron chi connectivity index (χ1n) is 6.37. The van der Waals surface area contributed by atoms with Crippen molar-refractivity contribution in [2.75, 3.05) is 32.8 Å². The molecule has 1 unspecified atom stereocenters. The van der Waals surface area contributed by atoms with E-state index in [0.29, 0.717) is 6.61 Å². The molecule has 1 N–H and O–H groups in total. The normalized spacial score (nSPS) is 31.4. The number of likely N-dealkylation sites (tertiary alicyclic amines) is 1. The fourth-order valence-corrected chi connectivity index (χ4v) is 2.96. The summed E-state index contributed by atoms with van der Waals surface area (Å²) in [6.07, 6.45) is 0.853. The molecule has 2 rings (SSSR count). The van der Waals surface area contributed by atoms with Crippen LogP contribution in [-0.2, 0) is 9.53 Å². The van der Waals surface area contributed by atoms with Gasteiger partial charge in [-0.2, -0.15) is 0 Å². The average molecular weight is 226 g/mol. The second-order valence-electron chi connectivity index (χ2n) is 4.81. The van der Waals surface area contributed by atoms with Gasteiger partial charge in [0.1, 0.15) is 6.04 Å². The van der Waals surface area contributed by atoms with Crippen LogP contribution in [-0.4, -0.2) is 49.7 Å². The van der Waals surface area contributed by atoms with Crippen molar-refractivity contribution >= 4 is 5.97 Å². The Balaban J connectivity index is 1.93. The number of fused-ring (bicyclic) bond motifs is 1. The first-order chi connectivity index (χ1) is 7.76. The molecule has 0 bridgehead atoms. The molecule has 0 radical (unpaired) electrons. The van der Waals surface area contributed by atoms with Crippen molar-refractivity contribution < 1.29 is 9.53 Å². The first-order valence-corrected chi connectivity index (χ1v) is 6.37. The number of carbonyl (C=O) groups excluding carboxylic acids is 1. The van der Waals surface area contributed by atoms with Crippen LogP contribution in [0.4, 0.5) is 0 Å². The van der Waals surface area contributed by atoms with E-state index in [0.717, 1.165) is 44.4 Å². The summed E-state index contributed by atoms with van der Waals surface area (Å²) in [5, 5.41) is 3.41. The van der Waals surface area contributed by atoms with E-state index in [1.807, 2.05) is 6.92 Å². The van der Waals surface area contributed by atoms with Crippen LogP contribution in [0.1, 0.15) is 20.3 Å². The molecule has 2 heterocycles. The highest BCUT2D eigenvalue weighted by atomic mass is 16.5. The van der Waals surface area contributed by atoms with Gasteiger partial charge in [0.15, 0.2) is 0 Å². The van der Waals surface area contributed by atoms with Crippen molar-refractivity contribution in [3.05, 3.63) is 0 Å². The van der Waals surface area contributed by atoms with Crippen LogP contribution in [0, 0.1) is 11.8 Å². The standard InChI is InChI=1S/C12H22N2O2/c1-3-11(12(15)16-4-2)14-7-9-5-13-6-10(9)8-14/h9-11,13H,3-8H2,1-2H3/t9-,10+,11?. The zero-order chi connectivity index (χ0) is 11.5. The molecule has 0 saturated carbocycles. The van der Waals surface area contributed by atoms with Crippen molar-refractivity contribution in [3.8, 4) is 0 Å². The van der Waals surface area contributed by atoms with Crippen LogP contribution in [0.15, 0.2) is 0 Å². The predicted molar refractivity (Wildman–Crippen MR) is 62.1 cm³/mol. The summed E-state index contributed by atoms with van der Waals surface area (Å²) in [5.41, 5.74) is 0. The topological polar surface area (TPSA) is 41.6 Å². The number of esters is 1. The molecule has 16 heavy (non-hydrogen) atoms. The zero-order valence-corrected chi connectivity index (χ0v) is 10.2. The van der Waals surface area contributed by atoms with Crippen molar-refractivity contribution in [3.63, 3.8) is 0 Å². The lowest BCUT2D eigenvalue weighted by Crippen LogP contribution is -2.41. The monoisotopic (exact) mass is 226 g/mol. The molecule has 0 aliphatic carbocycles. The van der Waals surface area contributed by atoms with Crippen molar-refractivity contribution in [2.45, 2.75) is 26.3 Å².